The molecule has 1 amide bonds. The lowest BCUT2D eigenvalue weighted by atomic mass is 9.73. The van der Waals surface area contributed by atoms with E-state index < -0.39 is 27.9 Å². The van der Waals surface area contributed by atoms with Crippen LogP contribution in [-0.4, -0.2) is 49.8 Å². The summed E-state index contributed by atoms with van der Waals surface area (Å²) in [5, 5.41) is 10.4. The molecule has 8 heteroatoms. The summed E-state index contributed by atoms with van der Waals surface area (Å²) in [6, 6.07) is 3.32. The Labute approximate surface area is 148 Å². The first-order chi connectivity index (χ1) is 11.4. The van der Waals surface area contributed by atoms with Gasteiger partial charge in [-0.1, -0.05) is 20.8 Å². The van der Waals surface area contributed by atoms with Crippen LogP contribution < -0.4 is 4.72 Å². The van der Waals surface area contributed by atoms with E-state index in [0.717, 1.165) is 18.4 Å². The van der Waals surface area contributed by atoms with E-state index in [-0.39, 0.29) is 29.1 Å². The van der Waals surface area contributed by atoms with E-state index >= 15 is 0 Å². The van der Waals surface area contributed by atoms with Gasteiger partial charge >= 0.3 is 0 Å². The highest BCUT2D eigenvalue weighted by molar-refractivity contribution is 7.92. The molecule has 140 valence electrons. The van der Waals surface area contributed by atoms with E-state index in [1.54, 1.807) is 0 Å². The SMILES string of the molecule is CC(C)(C)C1CCN(C(=O)c2cc(F)ccc2NS(C)(=O)=O)CC1O. The fraction of sp³-hybridized carbons (Fsp3) is 0.588. The summed E-state index contributed by atoms with van der Waals surface area (Å²) in [5.74, 6) is -1.08. The van der Waals surface area contributed by atoms with Gasteiger partial charge in [0.05, 0.1) is 23.6 Å². The van der Waals surface area contributed by atoms with Crippen LogP contribution in [0.1, 0.15) is 37.6 Å². The number of sulfonamides is 1. The maximum atomic E-state index is 13.6. The Morgan fingerprint density at radius 3 is 2.52 bits per heavy atom. The Bertz CT molecular complexity index is 758. The Balaban J connectivity index is 2.25. The second kappa shape index (κ2) is 6.92. The first-order valence-corrected chi connectivity index (χ1v) is 10.0. The topological polar surface area (TPSA) is 86.7 Å². The summed E-state index contributed by atoms with van der Waals surface area (Å²) in [6.07, 6.45) is 0.904. The number of carbonyl (C=O) groups is 1. The minimum absolute atomic E-state index is 0.0290. The van der Waals surface area contributed by atoms with Gasteiger partial charge < -0.3 is 10.0 Å². The maximum Gasteiger partial charge on any atom is 0.256 e. The maximum absolute atomic E-state index is 13.6. The molecular weight excluding hydrogens is 347 g/mol. The minimum atomic E-state index is -3.61. The van der Waals surface area contributed by atoms with Crippen molar-refractivity contribution in [1.82, 2.24) is 4.90 Å². The summed E-state index contributed by atoms with van der Waals surface area (Å²) >= 11 is 0. The molecule has 1 aromatic rings. The van der Waals surface area contributed by atoms with Crippen LogP contribution in [0.5, 0.6) is 0 Å². The third-order valence-electron chi connectivity index (χ3n) is 4.49. The van der Waals surface area contributed by atoms with Crippen molar-refractivity contribution in [2.45, 2.75) is 33.3 Å². The largest absolute Gasteiger partial charge is 0.391 e. The lowest BCUT2D eigenvalue weighted by Crippen LogP contribution is -2.50. The van der Waals surface area contributed by atoms with Crippen molar-refractivity contribution in [3.8, 4) is 0 Å². The number of nitrogens with one attached hydrogen (secondary N) is 1. The summed E-state index contributed by atoms with van der Waals surface area (Å²) in [7, 11) is -3.61. The van der Waals surface area contributed by atoms with E-state index in [4.69, 9.17) is 0 Å². The van der Waals surface area contributed by atoms with Crippen LogP contribution in [0.25, 0.3) is 0 Å². The molecule has 1 aliphatic rings. The molecule has 1 heterocycles. The number of halogens is 1. The van der Waals surface area contributed by atoms with E-state index in [0.29, 0.717) is 13.0 Å². The summed E-state index contributed by atoms with van der Waals surface area (Å²) in [4.78, 5) is 14.2. The normalized spacial score (nSPS) is 21.9. The third kappa shape index (κ3) is 4.92. The smallest absolute Gasteiger partial charge is 0.256 e. The number of anilines is 1. The van der Waals surface area contributed by atoms with Crippen LogP contribution in [0.2, 0.25) is 0 Å². The molecule has 1 aliphatic heterocycles. The van der Waals surface area contributed by atoms with Crippen molar-refractivity contribution in [2.75, 3.05) is 24.1 Å². The van der Waals surface area contributed by atoms with E-state index in [1.807, 2.05) is 20.8 Å². The van der Waals surface area contributed by atoms with Crippen LogP contribution in [0.15, 0.2) is 18.2 Å². The molecule has 1 fully saturated rings. The number of hydrogen-bond acceptors (Lipinski definition) is 4. The summed E-state index contributed by atoms with van der Waals surface area (Å²) in [6.45, 7) is 6.68. The molecule has 25 heavy (non-hydrogen) atoms. The first kappa shape index (κ1) is 19.7. The first-order valence-electron chi connectivity index (χ1n) is 8.13. The van der Waals surface area contributed by atoms with Crippen LogP contribution in [0.4, 0.5) is 10.1 Å². The molecule has 0 bridgehead atoms. The molecule has 0 aliphatic carbocycles. The quantitative estimate of drug-likeness (QED) is 0.850. The molecule has 2 rings (SSSR count). The molecular formula is C17H25FN2O4S. The van der Waals surface area contributed by atoms with Gasteiger partial charge in [-0.3, -0.25) is 9.52 Å². The monoisotopic (exact) mass is 372 g/mol. The Hall–Kier alpha value is -1.67. The predicted octanol–water partition coefficient (Wildman–Crippen LogP) is 2.07. The third-order valence-corrected chi connectivity index (χ3v) is 5.08. The number of piperidine rings is 1. The molecule has 0 spiro atoms. The Morgan fingerprint density at radius 1 is 1.36 bits per heavy atom. The molecule has 0 saturated carbocycles. The van der Waals surface area contributed by atoms with Crippen LogP contribution in [-0.2, 0) is 10.0 Å². The second-order valence-electron chi connectivity index (χ2n) is 7.64. The lowest BCUT2D eigenvalue weighted by Gasteiger charge is -2.42. The van der Waals surface area contributed by atoms with Gasteiger partial charge in [0.1, 0.15) is 5.82 Å². The van der Waals surface area contributed by atoms with Gasteiger partial charge in [0.25, 0.3) is 5.91 Å². The number of rotatable bonds is 3. The van der Waals surface area contributed by atoms with E-state index in [9.17, 15) is 22.7 Å². The Morgan fingerprint density at radius 2 is 2.00 bits per heavy atom. The minimum Gasteiger partial charge on any atom is -0.391 e. The van der Waals surface area contributed by atoms with Crippen LogP contribution in [0.3, 0.4) is 0 Å². The number of likely N-dealkylation sites (tertiary alicyclic amines) is 1. The van der Waals surface area contributed by atoms with Gasteiger partial charge in [0.2, 0.25) is 10.0 Å². The molecule has 0 radical (unpaired) electrons. The fourth-order valence-corrected chi connectivity index (χ4v) is 3.86. The Kier molecular flexibility index (Phi) is 5.44. The number of benzene rings is 1. The van der Waals surface area contributed by atoms with Crippen molar-refractivity contribution in [3.05, 3.63) is 29.6 Å². The molecule has 2 N–H and O–H groups in total. The number of hydrogen-bond donors (Lipinski definition) is 2. The summed E-state index contributed by atoms with van der Waals surface area (Å²) in [5.41, 5.74) is -0.121. The van der Waals surface area contributed by atoms with Crippen LogP contribution in [0, 0.1) is 17.2 Å². The highest BCUT2D eigenvalue weighted by Gasteiger charge is 2.37. The van der Waals surface area contributed by atoms with E-state index in [1.165, 1.54) is 11.0 Å². The molecule has 0 aromatic heterocycles. The van der Waals surface area contributed by atoms with Crippen molar-refractivity contribution < 1.29 is 22.7 Å². The van der Waals surface area contributed by atoms with Gasteiger partial charge in [-0.2, -0.15) is 0 Å². The number of nitrogens with zero attached hydrogens (tertiary/aromatic N) is 1. The van der Waals surface area contributed by atoms with E-state index in [2.05, 4.69) is 4.72 Å². The second-order valence-corrected chi connectivity index (χ2v) is 9.39. The molecule has 2 atom stereocenters. The molecule has 2 unspecified atom stereocenters. The van der Waals surface area contributed by atoms with Gasteiger partial charge in [-0.25, -0.2) is 12.8 Å². The van der Waals surface area contributed by atoms with Gasteiger partial charge in [-0.15, -0.1) is 0 Å². The highest BCUT2D eigenvalue weighted by Crippen LogP contribution is 2.35. The van der Waals surface area contributed by atoms with Gasteiger partial charge in [0, 0.05) is 13.1 Å². The zero-order valence-electron chi connectivity index (χ0n) is 14.9. The standard InChI is InChI=1S/C17H25FN2O4S/c1-17(2,3)13-7-8-20(10-15(13)21)16(22)12-9-11(18)5-6-14(12)19-25(4,23)24/h5-6,9,13,15,19,21H,7-8,10H2,1-4H3. The number of amides is 1. The van der Waals surface area contributed by atoms with Crippen molar-refractivity contribution in [2.24, 2.45) is 11.3 Å². The van der Waals surface area contributed by atoms with Crippen molar-refractivity contribution >= 4 is 21.6 Å². The number of β-amino-alcohol motifs (C(OH)–C–C–N with tert-alkyl or cyclic N) is 1. The van der Waals surface area contributed by atoms with Crippen LogP contribution >= 0.6 is 0 Å². The molecule has 1 aromatic carbocycles. The van der Waals surface area contributed by atoms with Gasteiger partial charge in [0.15, 0.2) is 0 Å². The van der Waals surface area contributed by atoms with Crippen molar-refractivity contribution in [3.63, 3.8) is 0 Å². The number of aliphatic hydroxyl groups excluding tert-OH is 1. The zero-order chi connectivity index (χ0) is 19.0. The average molecular weight is 372 g/mol. The molecule has 1 saturated heterocycles. The predicted molar refractivity (Wildman–Crippen MR) is 94.3 cm³/mol. The number of carbonyl (C=O) groups excluding carboxylic acids is 1. The summed E-state index contributed by atoms with van der Waals surface area (Å²) < 4.78 is 38.8. The zero-order valence-corrected chi connectivity index (χ0v) is 15.7. The lowest BCUT2D eigenvalue weighted by molar-refractivity contribution is -0.0188. The number of aliphatic hydroxyl groups is 1. The van der Waals surface area contributed by atoms with Crippen molar-refractivity contribution in [1.29, 1.82) is 0 Å². The highest BCUT2D eigenvalue weighted by atomic mass is 32.2. The molecule has 6 nitrogen and oxygen atoms in total. The fourth-order valence-electron chi connectivity index (χ4n) is 3.28. The average Bonchev–Trinajstić information content (AvgIpc) is 2.45. The van der Waals surface area contributed by atoms with Gasteiger partial charge in [-0.05, 0) is 36.0 Å².